The van der Waals surface area contributed by atoms with Gasteiger partial charge in [0.2, 0.25) is 5.91 Å². The highest BCUT2D eigenvalue weighted by molar-refractivity contribution is 6.01. The summed E-state index contributed by atoms with van der Waals surface area (Å²) in [6.07, 6.45) is 3.34. The number of hydrogen-bond acceptors (Lipinski definition) is 2. The standard InChI is InChI=1S/C18H19NO2/c1-3-21-17-10-8-16(9-11-17)19-18(20)12-7-15-6-4-5-14(2)13-15/h4-13H,3H2,1-2H3,(H,19,20)/b12-7+. The van der Waals surface area contributed by atoms with Crippen molar-refractivity contribution >= 4 is 17.7 Å². The van der Waals surface area contributed by atoms with Gasteiger partial charge in [-0.05, 0) is 49.8 Å². The van der Waals surface area contributed by atoms with Gasteiger partial charge in [-0.25, -0.2) is 0 Å². The largest absolute Gasteiger partial charge is 0.494 e. The van der Waals surface area contributed by atoms with E-state index in [1.54, 1.807) is 6.08 Å². The highest BCUT2D eigenvalue weighted by Gasteiger charge is 1.99. The summed E-state index contributed by atoms with van der Waals surface area (Å²) in [6, 6.07) is 15.3. The highest BCUT2D eigenvalue weighted by atomic mass is 16.5. The van der Waals surface area contributed by atoms with Crippen molar-refractivity contribution in [3.63, 3.8) is 0 Å². The fourth-order valence-electron chi connectivity index (χ4n) is 1.93. The number of aryl methyl sites for hydroxylation is 1. The van der Waals surface area contributed by atoms with Crippen LogP contribution in [0.25, 0.3) is 6.08 Å². The molecule has 0 fully saturated rings. The van der Waals surface area contributed by atoms with E-state index in [0.29, 0.717) is 6.61 Å². The molecule has 0 saturated carbocycles. The Labute approximate surface area is 125 Å². The van der Waals surface area contributed by atoms with E-state index < -0.39 is 0 Å². The summed E-state index contributed by atoms with van der Waals surface area (Å²) in [5, 5.41) is 2.81. The van der Waals surface area contributed by atoms with Gasteiger partial charge in [-0.15, -0.1) is 0 Å². The van der Waals surface area contributed by atoms with Crippen molar-refractivity contribution in [2.75, 3.05) is 11.9 Å². The Bertz CT molecular complexity index is 630. The second kappa shape index (κ2) is 7.29. The van der Waals surface area contributed by atoms with Gasteiger partial charge in [0.05, 0.1) is 6.61 Å². The molecule has 108 valence electrons. The summed E-state index contributed by atoms with van der Waals surface area (Å²) in [4.78, 5) is 11.9. The molecule has 0 saturated heterocycles. The number of nitrogens with one attached hydrogen (secondary N) is 1. The Morgan fingerprint density at radius 3 is 2.62 bits per heavy atom. The average molecular weight is 281 g/mol. The lowest BCUT2D eigenvalue weighted by atomic mass is 10.1. The minimum Gasteiger partial charge on any atom is -0.494 e. The monoisotopic (exact) mass is 281 g/mol. The molecule has 2 aromatic rings. The average Bonchev–Trinajstić information content (AvgIpc) is 2.48. The molecule has 3 heteroatoms. The van der Waals surface area contributed by atoms with Crippen LogP contribution in [0.15, 0.2) is 54.6 Å². The normalized spacial score (nSPS) is 10.6. The summed E-state index contributed by atoms with van der Waals surface area (Å²) < 4.78 is 5.36. The van der Waals surface area contributed by atoms with Crippen molar-refractivity contribution in [1.29, 1.82) is 0 Å². The molecule has 2 aromatic carbocycles. The van der Waals surface area contributed by atoms with Crippen molar-refractivity contribution in [2.45, 2.75) is 13.8 Å². The molecule has 0 radical (unpaired) electrons. The lowest BCUT2D eigenvalue weighted by Gasteiger charge is -2.05. The van der Waals surface area contributed by atoms with E-state index in [2.05, 4.69) is 5.32 Å². The zero-order chi connectivity index (χ0) is 15.1. The van der Waals surface area contributed by atoms with Gasteiger partial charge in [0.1, 0.15) is 5.75 Å². The van der Waals surface area contributed by atoms with E-state index in [1.807, 2.05) is 62.4 Å². The summed E-state index contributed by atoms with van der Waals surface area (Å²) in [5.41, 5.74) is 2.93. The number of amides is 1. The lowest BCUT2D eigenvalue weighted by Crippen LogP contribution is -2.07. The quantitative estimate of drug-likeness (QED) is 0.840. The predicted octanol–water partition coefficient (Wildman–Crippen LogP) is 4.05. The van der Waals surface area contributed by atoms with E-state index in [1.165, 1.54) is 11.6 Å². The minimum absolute atomic E-state index is 0.152. The number of anilines is 1. The minimum atomic E-state index is -0.152. The third-order valence-corrected chi connectivity index (χ3v) is 2.90. The molecule has 0 bridgehead atoms. The molecule has 1 amide bonds. The zero-order valence-corrected chi connectivity index (χ0v) is 12.3. The Hall–Kier alpha value is -2.55. The number of hydrogen-bond donors (Lipinski definition) is 1. The summed E-state index contributed by atoms with van der Waals surface area (Å²) in [5.74, 6) is 0.645. The van der Waals surface area contributed by atoms with Crippen LogP contribution in [0.1, 0.15) is 18.1 Å². The lowest BCUT2D eigenvalue weighted by molar-refractivity contribution is -0.111. The maximum atomic E-state index is 11.9. The third-order valence-electron chi connectivity index (χ3n) is 2.90. The Balaban J connectivity index is 1.95. The molecule has 21 heavy (non-hydrogen) atoms. The van der Waals surface area contributed by atoms with Crippen LogP contribution in [0.2, 0.25) is 0 Å². The number of benzene rings is 2. The topological polar surface area (TPSA) is 38.3 Å². The van der Waals surface area contributed by atoms with Crippen LogP contribution in [0.3, 0.4) is 0 Å². The summed E-state index contributed by atoms with van der Waals surface area (Å²) in [7, 11) is 0. The summed E-state index contributed by atoms with van der Waals surface area (Å²) >= 11 is 0. The van der Waals surface area contributed by atoms with Crippen LogP contribution in [0.4, 0.5) is 5.69 Å². The summed E-state index contributed by atoms with van der Waals surface area (Å²) in [6.45, 7) is 4.59. The number of carbonyl (C=O) groups is 1. The maximum absolute atomic E-state index is 11.9. The van der Waals surface area contributed by atoms with E-state index >= 15 is 0 Å². The van der Waals surface area contributed by atoms with Gasteiger partial charge in [-0.1, -0.05) is 29.8 Å². The van der Waals surface area contributed by atoms with Crippen LogP contribution < -0.4 is 10.1 Å². The van der Waals surface area contributed by atoms with Gasteiger partial charge >= 0.3 is 0 Å². The molecule has 0 aliphatic carbocycles. The van der Waals surface area contributed by atoms with Crippen LogP contribution in [0, 0.1) is 6.92 Å². The van der Waals surface area contributed by atoms with Gasteiger partial charge in [0.15, 0.2) is 0 Å². The van der Waals surface area contributed by atoms with Crippen molar-refractivity contribution in [3.8, 4) is 5.75 Å². The molecule has 0 atom stereocenters. The van der Waals surface area contributed by atoms with E-state index in [-0.39, 0.29) is 5.91 Å². The second-order valence-corrected chi connectivity index (χ2v) is 4.69. The molecule has 0 spiro atoms. The predicted molar refractivity (Wildman–Crippen MR) is 86.5 cm³/mol. The second-order valence-electron chi connectivity index (χ2n) is 4.69. The molecule has 3 nitrogen and oxygen atoms in total. The van der Waals surface area contributed by atoms with Crippen molar-refractivity contribution < 1.29 is 9.53 Å². The SMILES string of the molecule is CCOc1ccc(NC(=O)/C=C/c2cccc(C)c2)cc1. The number of carbonyl (C=O) groups excluding carboxylic acids is 1. The molecule has 0 aliphatic heterocycles. The fraction of sp³-hybridized carbons (Fsp3) is 0.167. The van der Waals surface area contributed by atoms with Crippen molar-refractivity contribution in [3.05, 3.63) is 65.7 Å². The first-order chi connectivity index (χ1) is 10.2. The van der Waals surface area contributed by atoms with Gasteiger partial charge in [0, 0.05) is 11.8 Å². The van der Waals surface area contributed by atoms with Crippen LogP contribution in [0.5, 0.6) is 5.75 Å². The first-order valence-corrected chi connectivity index (χ1v) is 6.96. The van der Waals surface area contributed by atoms with E-state index in [9.17, 15) is 4.79 Å². The van der Waals surface area contributed by atoms with Gasteiger partial charge in [-0.2, -0.15) is 0 Å². The molecule has 2 rings (SSSR count). The molecular formula is C18H19NO2. The van der Waals surface area contributed by atoms with Crippen LogP contribution in [-0.4, -0.2) is 12.5 Å². The molecule has 1 N–H and O–H groups in total. The molecule has 0 aliphatic rings. The Morgan fingerprint density at radius 2 is 1.95 bits per heavy atom. The Kier molecular flexibility index (Phi) is 5.16. The van der Waals surface area contributed by atoms with E-state index in [0.717, 1.165) is 17.0 Å². The van der Waals surface area contributed by atoms with Crippen LogP contribution >= 0.6 is 0 Å². The maximum Gasteiger partial charge on any atom is 0.248 e. The first kappa shape index (κ1) is 14.9. The molecule has 0 heterocycles. The third kappa shape index (κ3) is 4.80. The zero-order valence-electron chi connectivity index (χ0n) is 12.3. The van der Waals surface area contributed by atoms with E-state index in [4.69, 9.17) is 4.74 Å². The van der Waals surface area contributed by atoms with Gasteiger partial charge in [0.25, 0.3) is 0 Å². The number of ether oxygens (including phenoxy) is 1. The van der Waals surface area contributed by atoms with Crippen molar-refractivity contribution in [2.24, 2.45) is 0 Å². The van der Waals surface area contributed by atoms with Gasteiger partial charge in [-0.3, -0.25) is 4.79 Å². The van der Waals surface area contributed by atoms with Gasteiger partial charge < -0.3 is 10.1 Å². The van der Waals surface area contributed by atoms with Crippen molar-refractivity contribution in [1.82, 2.24) is 0 Å². The highest BCUT2D eigenvalue weighted by Crippen LogP contribution is 2.15. The molecule has 0 unspecified atom stereocenters. The van der Waals surface area contributed by atoms with Crippen LogP contribution in [-0.2, 0) is 4.79 Å². The fourth-order valence-corrected chi connectivity index (χ4v) is 1.93. The number of rotatable bonds is 5. The molecular weight excluding hydrogens is 262 g/mol. The Morgan fingerprint density at radius 1 is 1.19 bits per heavy atom. The smallest absolute Gasteiger partial charge is 0.248 e. The first-order valence-electron chi connectivity index (χ1n) is 6.96. The molecule has 0 aromatic heterocycles.